The molecule has 2 aromatic heterocycles. The fourth-order valence-corrected chi connectivity index (χ4v) is 4.25. The second-order valence-corrected chi connectivity index (χ2v) is 9.19. The van der Waals surface area contributed by atoms with Crippen LogP contribution in [0.5, 0.6) is 0 Å². The summed E-state index contributed by atoms with van der Waals surface area (Å²) in [6.45, 7) is 4.74. The zero-order valence-electron chi connectivity index (χ0n) is 21.5. The SMILES string of the molecule is C[C@H](c1ccc(NC(=O)c2cncc(C#Cc3cnc(/C=C\C=N)[nH]3)c2)cc1C(F)(F)F)N1CCN(C)CC1. The smallest absolute Gasteiger partial charge is 0.332 e. The van der Waals surface area contributed by atoms with E-state index in [0.717, 1.165) is 25.4 Å². The number of H-pyrrole nitrogens is 1. The maximum atomic E-state index is 14.0. The minimum absolute atomic E-state index is 0.0427. The third-order valence-electron chi connectivity index (χ3n) is 6.44. The molecule has 1 saturated heterocycles. The average molecular weight is 536 g/mol. The van der Waals surface area contributed by atoms with Crippen molar-refractivity contribution in [3.05, 3.63) is 82.7 Å². The molecule has 4 rings (SSSR count). The van der Waals surface area contributed by atoms with E-state index in [1.54, 1.807) is 13.0 Å². The molecule has 11 heteroatoms. The van der Waals surface area contributed by atoms with Gasteiger partial charge in [-0.15, -0.1) is 0 Å². The number of anilines is 1. The van der Waals surface area contributed by atoms with Gasteiger partial charge in [0.05, 0.1) is 17.3 Å². The van der Waals surface area contributed by atoms with E-state index in [-0.39, 0.29) is 16.8 Å². The first-order valence-corrected chi connectivity index (χ1v) is 12.3. The van der Waals surface area contributed by atoms with Gasteiger partial charge in [0.25, 0.3) is 5.91 Å². The van der Waals surface area contributed by atoms with E-state index in [2.05, 4.69) is 37.0 Å². The third-order valence-corrected chi connectivity index (χ3v) is 6.44. The van der Waals surface area contributed by atoms with Gasteiger partial charge < -0.3 is 20.6 Å². The molecule has 3 heterocycles. The molecule has 39 heavy (non-hydrogen) atoms. The number of alkyl halides is 3. The number of nitrogens with one attached hydrogen (secondary N) is 3. The summed E-state index contributed by atoms with van der Waals surface area (Å²) in [5.41, 5.74) is 0.588. The van der Waals surface area contributed by atoms with Crippen LogP contribution in [0.15, 0.2) is 48.9 Å². The first-order valence-electron chi connectivity index (χ1n) is 12.3. The fraction of sp³-hybridized carbons (Fsp3) is 0.286. The minimum atomic E-state index is -4.57. The molecule has 1 amide bonds. The lowest BCUT2D eigenvalue weighted by atomic mass is 9.98. The van der Waals surface area contributed by atoms with Crippen molar-refractivity contribution >= 4 is 23.9 Å². The molecular formula is C28H28F3N7O. The summed E-state index contributed by atoms with van der Waals surface area (Å²) in [5.74, 6) is 5.71. The van der Waals surface area contributed by atoms with Crippen LogP contribution < -0.4 is 5.32 Å². The van der Waals surface area contributed by atoms with Crippen molar-refractivity contribution < 1.29 is 18.0 Å². The zero-order valence-corrected chi connectivity index (χ0v) is 21.5. The quantitative estimate of drug-likeness (QED) is 0.320. The van der Waals surface area contributed by atoms with E-state index in [9.17, 15) is 18.0 Å². The Morgan fingerprint density at radius 2 is 1.92 bits per heavy atom. The number of halogens is 3. The number of likely N-dealkylation sites (N-methyl/N-ethyl adjacent to an activating group) is 1. The van der Waals surface area contributed by atoms with Gasteiger partial charge in [0.1, 0.15) is 11.5 Å². The molecule has 0 radical (unpaired) electrons. The molecule has 0 spiro atoms. The lowest BCUT2D eigenvalue weighted by Gasteiger charge is -2.37. The standard InChI is InChI=1S/C28H28F3N7O/c1-19(38-12-10-37(2)11-13-38)24-8-7-22(15-25(24)28(29,30)31)36-27(39)21-14-20(16-33-17-21)5-6-23-18-34-26(35-23)4-3-9-32/h3-4,7-9,14-19,32H,10-13H2,1-2H3,(H,34,35)(H,36,39)/b4-3-,32-9?/t19-/m1/s1. The molecule has 8 nitrogen and oxygen atoms in total. The second-order valence-electron chi connectivity index (χ2n) is 9.19. The Kier molecular flexibility index (Phi) is 8.59. The van der Waals surface area contributed by atoms with Crippen LogP contribution in [0.3, 0.4) is 0 Å². The van der Waals surface area contributed by atoms with E-state index in [0.29, 0.717) is 30.2 Å². The number of pyridine rings is 1. The predicted octanol–water partition coefficient (Wildman–Crippen LogP) is 4.45. The second kappa shape index (κ2) is 12.1. The zero-order chi connectivity index (χ0) is 28.0. The van der Waals surface area contributed by atoms with Crippen molar-refractivity contribution in [1.29, 1.82) is 5.41 Å². The highest BCUT2D eigenvalue weighted by molar-refractivity contribution is 6.04. The highest BCUT2D eigenvalue weighted by Crippen LogP contribution is 2.38. The summed E-state index contributed by atoms with van der Waals surface area (Å²) in [6, 6.07) is 5.01. The first kappa shape index (κ1) is 27.8. The van der Waals surface area contributed by atoms with E-state index >= 15 is 0 Å². The number of hydrogen-bond acceptors (Lipinski definition) is 6. The van der Waals surface area contributed by atoms with Crippen LogP contribution >= 0.6 is 0 Å². The highest BCUT2D eigenvalue weighted by Gasteiger charge is 2.36. The first-order chi connectivity index (χ1) is 18.6. The average Bonchev–Trinajstić information content (AvgIpc) is 3.38. The van der Waals surface area contributed by atoms with Crippen LogP contribution in [0.2, 0.25) is 0 Å². The Balaban J connectivity index is 1.50. The predicted molar refractivity (Wildman–Crippen MR) is 144 cm³/mol. The molecule has 0 bridgehead atoms. The van der Waals surface area contributed by atoms with Crippen LogP contribution in [0.4, 0.5) is 18.9 Å². The number of amides is 1. The molecule has 202 valence electrons. The topological polar surface area (TPSA) is 101 Å². The number of allylic oxidation sites excluding steroid dienone is 1. The van der Waals surface area contributed by atoms with Crippen LogP contribution in [-0.4, -0.2) is 70.1 Å². The molecular weight excluding hydrogens is 507 g/mol. The lowest BCUT2D eigenvalue weighted by Crippen LogP contribution is -2.45. The van der Waals surface area contributed by atoms with Crippen LogP contribution in [0, 0.1) is 17.3 Å². The normalized spacial score (nSPS) is 15.5. The Morgan fingerprint density at radius 3 is 2.64 bits per heavy atom. The molecule has 1 aromatic carbocycles. The number of nitrogens with zero attached hydrogens (tertiary/aromatic N) is 4. The molecule has 0 unspecified atom stereocenters. The van der Waals surface area contributed by atoms with Crippen molar-refractivity contribution in [1.82, 2.24) is 24.8 Å². The number of piperazine rings is 1. The van der Waals surface area contributed by atoms with Gasteiger partial charge in [-0.2, -0.15) is 13.2 Å². The van der Waals surface area contributed by atoms with Gasteiger partial charge in [-0.05, 0) is 55.8 Å². The summed E-state index contributed by atoms with van der Waals surface area (Å²) in [4.78, 5) is 28.2. The number of benzene rings is 1. The fourth-order valence-electron chi connectivity index (χ4n) is 4.25. The monoisotopic (exact) mass is 535 g/mol. The van der Waals surface area contributed by atoms with Crippen molar-refractivity contribution in [2.45, 2.75) is 19.1 Å². The number of imidazole rings is 1. The summed E-state index contributed by atoms with van der Waals surface area (Å²) < 4.78 is 42.1. The summed E-state index contributed by atoms with van der Waals surface area (Å²) in [7, 11) is 1.99. The van der Waals surface area contributed by atoms with Gasteiger partial charge >= 0.3 is 6.18 Å². The van der Waals surface area contributed by atoms with Gasteiger partial charge in [0.2, 0.25) is 0 Å². The van der Waals surface area contributed by atoms with Crippen molar-refractivity contribution in [2.24, 2.45) is 0 Å². The maximum Gasteiger partial charge on any atom is 0.416 e. The Labute approximate surface area is 224 Å². The number of carbonyl (C=O) groups excluding carboxylic acids is 1. The van der Waals surface area contributed by atoms with Crippen molar-refractivity contribution in [2.75, 3.05) is 38.5 Å². The van der Waals surface area contributed by atoms with E-state index in [4.69, 9.17) is 5.41 Å². The van der Waals surface area contributed by atoms with Gasteiger partial charge in [-0.1, -0.05) is 12.0 Å². The molecule has 1 fully saturated rings. The van der Waals surface area contributed by atoms with Gasteiger partial charge in [0, 0.05) is 62.1 Å². The van der Waals surface area contributed by atoms with Crippen LogP contribution in [0.25, 0.3) is 6.08 Å². The highest BCUT2D eigenvalue weighted by atomic mass is 19.4. The summed E-state index contributed by atoms with van der Waals surface area (Å²) in [6.07, 6.45) is 4.03. The maximum absolute atomic E-state index is 14.0. The Bertz CT molecular complexity index is 1430. The van der Waals surface area contributed by atoms with E-state index < -0.39 is 23.7 Å². The molecule has 1 aliphatic rings. The summed E-state index contributed by atoms with van der Waals surface area (Å²) >= 11 is 0. The van der Waals surface area contributed by atoms with Crippen molar-refractivity contribution in [3.8, 4) is 11.8 Å². The molecule has 3 N–H and O–H groups in total. The van der Waals surface area contributed by atoms with Crippen LogP contribution in [-0.2, 0) is 6.18 Å². The van der Waals surface area contributed by atoms with Gasteiger partial charge in [-0.25, -0.2) is 4.98 Å². The molecule has 3 aromatic rings. The lowest BCUT2D eigenvalue weighted by molar-refractivity contribution is -0.138. The Hall–Kier alpha value is -4.27. The third kappa shape index (κ3) is 7.19. The number of carbonyl (C=O) groups is 1. The van der Waals surface area contributed by atoms with Gasteiger partial charge in [0.15, 0.2) is 0 Å². The van der Waals surface area contributed by atoms with Crippen LogP contribution in [0.1, 0.15) is 51.5 Å². The number of aromatic amines is 1. The summed E-state index contributed by atoms with van der Waals surface area (Å²) in [5, 5.41) is 9.57. The molecule has 1 aliphatic heterocycles. The minimum Gasteiger partial charge on any atom is -0.332 e. The number of aromatic nitrogens is 3. The van der Waals surface area contributed by atoms with E-state index in [1.165, 1.54) is 42.9 Å². The molecule has 1 atom stereocenters. The van der Waals surface area contributed by atoms with E-state index in [1.807, 2.05) is 11.9 Å². The largest absolute Gasteiger partial charge is 0.416 e. The Morgan fingerprint density at radius 1 is 1.15 bits per heavy atom. The van der Waals surface area contributed by atoms with Crippen molar-refractivity contribution in [3.63, 3.8) is 0 Å². The number of hydrogen-bond donors (Lipinski definition) is 3. The number of rotatable bonds is 6. The molecule has 0 saturated carbocycles. The molecule has 0 aliphatic carbocycles. The van der Waals surface area contributed by atoms with Gasteiger partial charge in [-0.3, -0.25) is 14.7 Å².